The summed E-state index contributed by atoms with van der Waals surface area (Å²) in [5.74, 6) is 0. The molecule has 152 valence electrons. The van der Waals surface area contributed by atoms with Crippen LogP contribution in [0.4, 0.5) is 0 Å². The van der Waals surface area contributed by atoms with E-state index >= 15 is 0 Å². The lowest BCUT2D eigenvalue weighted by molar-refractivity contribution is 0.305. The third-order valence-corrected chi connectivity index (χ3v) is 7.20. The molecular weight excluding hydrogens is 384 g/mol. The molecule has 1 fully saturated rings. The minimum atomic E-state index is -3.57. The molecule has 29 heavy (non-hydrogen) atoms. The Morgan fingerprint density at radius 1 is 1.07 bits per heavy atom. The number of benzene rings is 2. The lowest BCUT2D eigenvalue weighted by Gasteiger charge is -2.30. The van der Waals surface area contributed by atoms with E-state index in [2.05, 4.69) is 21.8 Å². The van der Waals surface area contributed by atoms with Gasteiger partial charge >= 0.3 is 0 Å². The van der Waals surface area contributed by atoms with Crippen LogP contribution in [0.1, 0.15) is 44.2 Å². The molecule has 1 N–H and O–H groups in total. The fraction of sp³-hybridized carbons (Fsp3) is 0.364. The lowest BCUT2D eigenvalue weighted by atomic mass is 9.91. The Labute approximate surface area is 172 Å². The van der Waals surface area contributed by atoms with Gasteiger partial charge in [-0.15, -0.1) is 10.2 Å². The van der Waals surface area contributed by atoms with Gasteiger partial charge in [-0.2, -0.15) is 0 Å². The first kappa shape index (κ1) is 19.8. The van der Waals surface area contributed by atoms with Gasteiger partial charge in [0.15, 0.2) is 0 Å². The first-order valence-corrected chi connectivity index (χ1v) is 11.6. The highest BCUT2D eigenvalue weighted by molar-refractivity contribution is 7.89. The maximum absolute atomic E-state index is 13.1. The van der Waals surface area contributed by atoms with Crippen molar-refractivity contribution in [3.8, 4) is 11.1 Å². The lowest BCUT2D eigenvalue weighted by Crippen LogP contribution is -2.38. The molecule has 2 atom stereocenters. The van der Waals surface area contributed by atoms with Crippen molar-refractivity contribution in [3.05, 3.63) is 66.7 Å². The Hall–Kier alpha value is -2.51. The van der Waals surface area contributed by atoms with Crippen molar-refractivity contribution >= 4 is 10.0 Å². The van der Waals surface area contributed by atoms with Gasteiger partial charge in [-0.3, -0.25) is 0 Å². The molecule has 6 nitrogen and oxygen atoms in total. The predicted octanol–water partition coefficient (Wildman–Crippen LogP) is 3.97. The molecule has 0 amide bonds. The molecule has 1 aliphatic carbocycles. The van der Waals surface area contributed by atoms with Crippen LogP contribution in [0.25, 0.3) is 11.1 Å². The van der Waals surface area contributed by atoms with Crippen LogP contribution < -0.4 is 4.72 Å². The zero-order valence-electron chi connectivity index (χ0n) is 16.5. The maximum Gasteiger partial charge on any atom is 0.240 e. The van der Waals surface area contributed by atoms with Crippen LogP contribution >= 0.6 is 0 Å². The van der Waals surface area contributed by atoms with Gasteiger partial charge in [0.1, 0.15) is 12.7 Å². The molecule has 0 aliphatic heterocycles. The monoisotopic (exact) mass is 410 g/mol. The number of sulfonamides is 1. The van der Waals surface area contributed by atoms with Crippen LogP contribution in [-0.2, 0) is 16.4 Å². The zero-order valence-corrected chi connectivity index (χ0v) is 17.3. The van der Waals surface area contributed by atoms with Gasteiger partial charge in [-0.25, -0.2) is 13.1 Å². The first-order chi connectivity index (χ1) is 14.1. The number of nitrogens with one attached hydrogen (secondary N) is 1. The molecule has 1 aromatic heterocycles. The summed E-state index contributed by atoms with van der Waals surface area (Å²) in [5, 5.41) is 7.74. The highest BCUT2D eigenvalue weighted by Gasteiger charge is 2.27. The molecule has 3 aromatic rings. The Kier molecular flexibility index (Phi) is 5.78. The standard InChI is InChI=1S/C22H26N4O2S/c1-2-17-13-21(11-12-22(17)18-7-4-3-5-8-18)29(27,28)25-19-9-6-10-20(14-19)26-15-23-24-16-26/h3-5,7-8,11-13,15-16,19-20,25H,2,6,9-10,14H2,1H3/t19-,20+/m0/s1. The molecular formula is C22H26N4O2S. The molecule has 4 rings (SSSR count). The third-order valence-electron chi connectivity index (χ3n) is 5.68. The normalized spacial score (nSPS) is 19.9. The van der Waals surface area contributed by atoms with Gasteiger partial charge in [-0.1, -0.05) is 43.3 Å². The number of rotatable bonds is 6. The second kappa shape index (κ2) is 8.47. The molecule has 1 aliphatic rings. The van der Waals surface area contributed by atoms with Crippen LogP contribution in [0.2, 0.25) is 0 Å². The van der Waals surface area contributed by atoms with E-state index in [0.717, 1.165) is 48.8 Å². The van der Waals surface area contributed by atoms with E-state index in [9.17, 15) is 8.42 Å². The fourth-order valence-electron chi connectivity index (χ4n) is 4.16. The van der Waals surface area contributed by atoms with E-state index in [0.29, 0.717) is 4.90 Å². The smallest absolute Gasteiger partial charge is 0.240 e. The zero-order chi connectivity index (χ0) is 20.3. The van der Waals surface area contributed by atoms with Crippen molar-refractivity contribution in [2.24, 2.45) is 0 Å². The highest BCUT2D eigenvalue weighted by Crippen LogP contribution is 2.30. The fourth-order valence-corrected chi connectivity index (χ4v) is 5.49. The van der Waals surface area contributed by atoms with Gasteiger partial charge in [0.25, 0.3) is 0 Å². The maximum atomic E-state index is 13.1. The summed E-state index contributed by atoms with van der Waals surface area (Å²) in [6.45, 7) is 2.05. The van der Waals surface area contributed by atoms with Crippen LogP contribution in [0.15, 0.2) is 66.1 Å². The van der Waals surface area contributed by atoms with Gasteiger partial charge in [0.2, 0.25) is 10.0 Å². The van der Waals surface area contributed by atoms with Gasteiger partial charge < -0.3 is 4.57 Å². The van der Waals surface area contributed by atoms with Crippen LogP contribution in [0.3, 0.4) is 0 Å². The minimum absolute atomic E-state index is 0.0833. The van der Waals surface area contributed by atoms with E-state index in [1.165, 1.54) is 0 Å². The van der Waals surface area contributed by atoms with Crippen LogP contribution in [-0.4, -0.2) is 29.2 Å². The second-order valence-corrected chi connectivity index (χ2v) is 9.30. The topological polar surface area (TPSA) is 76.9 Å². The van der Waals surface area contributed by atoms with Crippen molar-refractivity contribution in [2.75, 3.05) is 0 Å². The summed E-state index contributed by atoms with van der Waals surface area (Å²) in [5.41, 5.74) is 3.22. The molecule has 0 saturated heterocycles. The summed E-state index contributed by atoms with van der Waals surface area (Å²) in [7, 11) is -3.57. The van der Waals surface area contributed by atoms with Crippen molar-refractivity contribution in [1.82, 2.24) is 19.5 Å². The van der Waals surface area contributed by atoms with E-state index in [1.54, 1.807) is 18.7 Å². The number of hydrogen-bond donors (Lipinski definition) is 1. The van der Waals surface area contributed by atoms with Gasteiger partial charge in [0, 0.05) is 12.1 Å². The van der Waals surface area contributed by atoms with E-state index in [4.69, 9.17) is 0 Å². The average molecular weight is 411 g/mol. The predicted molar refractivity (Wildman–Crippen MR) is 113 cm³/mol. The number of aromatic nitrogens is 3. The summed E-state index contributed by atoms with van der Waals surface area (Å²) in [6, 6.07) is 15.7. The molecule has 1 heterocycles. The molecule has 0 radical (unpaired) electrons. The third kappa shape index (κ3) is 4.41. The van der Waals surface area contributed by atoms with E-state index in [1.807, 2.05) is 47.0 Å². The number of nitrogens with zero attached hydrogens (tertiary/aromatic N) is 3. The Morgan fingerprint density at radius 2 is 1.83 bits per heavy atom. The Balaban J connectivity index is 1.54. The quantitative estimate of drug-likeness (QED) is 0.667. The molecule has 7 heteroatoms. The summed E-state index contributed by atoms with van der Waals surface area (Å²) in [6.07, 6.45) is 7.77. The van der Waals surface area contributed by atoms with Crippen molar-refractivity contribution in [2.45, 2.75) is 56.0 Å². The van der Waals surface area contributed by atoms with E-state index in [-0.39, 0.29) is 12.1 Å². The Morgan fingerprint density at radius 3 is 2.55 bits per heavy atom. The molecule has 0 spiro atoms. The SMILES string of the molecule is CCc1cc(S(=O)(=O)N[C@H]2CCC[C@@H](n3cnnc3)C2)ccc1-c1ccccc1. The highest BCUT2D eigenvalue weighted by atomic mass is 32.2. The molecule has 0 bridgehead atoms. The summed E-state index contributed by atoms with van der Waals surface area (Å²) in [4.78, 5) is 0.334. The summed E-state index contributed by atoms with van der Waals surface area (Å²) >= 11 is 0. The molecule has 2 aromatic carbocycles. The Bertz CT molecular complexity index is 1050. The largest absolute Gasteiger partial charge is 0.317 e. The van der Waals surface area contributed by atoms with Crippen LogP contribution in [0, 0.1) is 0 Å². The van der Waals surface area contributed by atoms with Crippen LogP contribution in [0.5, 0.6) is 0 Å². The van der Waals surface area contributed by atoms with Gasteiger partial charge in [-0.05, 0) is 60.9 Å². The van der Waals surface area contributed by atoms with Crippen molar-refractivity contribution in [3.63, 3.8) is 0 Å². The molecule has 1 saturated carbocycles. The average Bonchev–Trinajstić information content (AvgIpc) is 3.29. The summed E-state index contributed by atoms with van der Waals surface area (Å²) < 4.78 is 31.0. The second-order valence-electron chi connectivity index (χ2n) is 7.59. The van der Waals surface area contributed by atoms with Crippen molar-refractivity contribution in [1.29, 1.82) is 0 Å². The van der Waals surface area contributed by atoms with Crippen molar-refractivity contribution < 1.29 is 8.42 Å². The molecule has 0 unspecified atom stereocenters. The minimum Gasteiger partial charge on any atom is -0.317 e. The number of hydrogen-bond acceptors (Lipinski definition) is 4. The van der Waals surface area contributed by atoms with E-state index < -0.39 is 10.0 Å². The van der Waals surface area contributed by atoms with Gasteiger partial charge in [0.05, 0.1) is 4.90 Å². The number of aryl methyl sites for hydroxylation is 1. The first-order valence-electron chi connectivity index (χ1n) is 10.1.